The lowest BCUT2D eigenvalue weighted by molar-refractivity contribution is 0.103. The molecule has 0 saturated heterocycles. The molecule has 5 heteroatoms. The zero-order valence-electron chi connectivity index (χ0n) is 22.5. The molecule has 0 atom stereocenters. The molecule has 0 bridgehead atoms. The number of ketones is 1. The van der Waals surface area contributed by atoms with Crippen molar-refractivity contribution in [3.05, 3.63) is 112 Å². The van der Waals surface area contributed by atoms with E-state index in [1.807, 2.05) is 36.4 Å². The number of nitrogens with one attached hydrogen (secondary N) is 1. The van der Waals surface area contributed by atoms with Gasteiger partial charge in [0.25, 0.3) is 0 Å². The minimum Gasteiger partial charge on any atom is -0.507 e. The summed E-state index contributed by atoms with van der Waals surface area (Å²) in [6.07, 6.45) is 6.55. The quantitative estimate of drug-likeness (QED) is 0.136. The van der Waals surface area contributed by atoms with Crippen molar-refractivity contribution in [2.24, 2.45) is 4.99 Å². The minimum absolute atomic E-state index is 0.0602. The third kappa shape index (κ3) is 5.44. The number of anilines is 2. The van der Waals surface area contributed by atoms with Gasteiger partial charge in [-0.25, -0.2) is 4.99 Å². The lowest BCUT2D eigenvalue weighted by Crippen LogP contribution is -2.22. The number of phenols is 2. The van der Waals surface area contributed by atoms with Crippen LogP contribution in [0.15, 0.2) is 83.9 Å². The third-order valence-corrected chi connectivity index (χ3v) is 7.22. The van der Waals surface area contributed by atoms with Crippen molar-refractivity contribution < 1.29 is 15.0 Å². The van der Waals surface area contributed by atoms with Crippen LogP contribution in [0, 0.1) is 0 Å². The lowest BCUT2D eigenvalue weighted by atomic mass is 9.82. The molecule has 39 heavy (non-hydrogen) atoms. The fourth-order valence-corrected chi connectivity index (χ4v) is 5.03. The number of carbonyl (C=O) groups is 1. The Kier molecular flexibility index (Phi) is 7.78. The number of carbonyl (C=O) groups excluding carboxylic acids is 1. The van der Waals surface area contributed by atoms with Crippen molar-refractivity contribution in [2.45, 2.75) is 52.4 Å². The van der Waals surface area contributed by atoms with Gasteiger partial charge in [0.2, 0.25) is 0 Å². The highest BCUT2D eigenvalue weighted by atomic mass is 16.3. The lowest BCUT2D eigenvalue weighted by Gasteiger charge is -2.24. The number of aliphatic imine (C=N–C) groups is 1. The molecule has 0 spiro atoms. The molecule has 3 N–H and O–H groups in total. The van der Waals surface area contributed by atoms with Gasteiger partial charge in [0, 0.05) is 22.9 Å². The molecule has 1 aliphatic rings. The van der Waals surface area contributed by atoms with E-state index in [4.69, 9.17) is 4.99 Å². The van der Waals surface area contributed by atoms with Crippen LogP contribution < -0.4 is 5.32 Å². The van der Waals surface area contributed by atoms with E-state index in [-0.39, 0.29) is 28.4 Å². The highest BCUT2D eigenvalue weighted by Crippen LogP contribution is 2.44. The van der Waals surface area contributed by atoms with Crippen molar-refractivity contribution in [1.82, 2.24) is 0 Å². The smallest absolute Gasteiger partial charge is 0.198 e. The number of unbranched alkanes of at least 4 members (excludes halogenated alkanes) is 2. The molecule has 0 amide bonds. The molecule has 0 saturated carbocycles. The Morgan fingerprint density at radius 1 is 0.744 bits per heavy atom. The van der Waals surface area contributed by atoms with Gasteiger partial charge >= 0.3 is 0 Å². The minimum atomic E-state index is -0.339. The van der Waals surface area contributed by atoms with Crippen LogP contribution in [0.1, 0.15) is 77.7 Å². The van der Waals surface area contributed by atoms with E-state index in [0.29, 0.717) is 28.2 Å². The van der Waals surface area contributed by atoms with Gasteiger partial charge in [0.15, 0.2) is 5.78 Å². The average Bonchev–Trinajstić information content (AvgIpc) is 2.96. The Bertz CT molecular complexity index is 1520. The summed E-state index contributed by atoms with van der Waals surface area (Å²) in [7, 11) is 0. The second kappa shape index (κ2) is 11.6. The van der Waals surface area contributed by atoms with Crippen molar-refractivity contribution in [1.29, 1.82) is 0 Å². The van der Waals surface area contributed by atoms with Gasteiger partial charge in [-0.3, -0.25) is 4.79 Å². The Morgan fingerprint density at radius 2 is 1.33 bits per heavy atom. The SMILES string of the molecule is CCCCc1ccc(N=C2c3ccccc3C(=O)c3c(O)cc(Nc4ccc(CCCC)cc4)c(O)c32)cc1. The Morgan fingerprint density at radius 3 is 1.95 bits per heavy atom. The van der Waals surface area contributed by atoms with E-state index in [1.54, 1.807) is 12.1 Å². The maximum absolute atomic E-state index is 13.5. The highest BCUT2D eigenvalue weighted by molar-refractivity contribution is 6.32. The van der Waals surface area contributed by atoms with Crippen LogP contribution in [0.2, 0.25) is 0 Å². The number of aryl methyl sites for hydroxylation is 2. The number of benzene rings is 4. The van der Waals surface area contributed by atoms with Gasteiger partial charge < -0.3 is 15.5 Å². The fraction of sp³-hybridized carbons (Fsp3) is 0.235. The predicted octanol–water partition coefficient (Wildman–Crippen LogP) is 8.24. The van der Waals surface area contributed by atoms with Crippen LogP contribution in [-0.2, 0) is 12.8 Å². The number of hydrogen-bond donors (Lipinski definition) is 3. The van der Waals surface area contributed by atoms with Crippen LogP contribution in [0.3, 0.4) is 0 Å². The summed E-state index contributed by atoms with van der Waals surface area (Å²) in [4.78, 5) is 18.4. The molecule has 0 radical (unpaired) electrons. The summed E-state index contributed by atoms with van der Waals surface area (Å²) in [5, 5.41) is 25.8. The van der Waals surface area contributed by atoms with E-state index in [9.17, 15) is 15.0 Å². The molecule has 0 unspecified atom stereocenters. The number of nitrogens with zero attached hydrogens (tertiary/aromatic N) is 1. The molecule has 4 aromatic carbocycles. The van der Waals surface area contributed by atoms with Crippen LogP contribution in [0.25, 0.3) is 0 Å². The first-order chi connectivity index (χ1) is 19.0. The number of rotatable bonds is 9. The number of phenolic OH excluding ortho intramolecular Hbond substituents is 2. The highest BCUT2D eigenvalue weighted by Gasteiger charge is 2.34. The van der Waals surface area contributed by atoms with Gasteiger partial charge in [-0.2, -0.15) is 0 Å². The van der Waals surface area contributed by atoms with E-state index in [2.05, 4.69) is 43.4 Å². The monoisotopic (exact) mass is 518 g/mol. The van der Waals surface area contributed by atoms with Crippen LogP contribution in [0.5, 0.6) is 11.5 Å². The number of aromatic hydroxyl groups is 2. The molecular formula is C34H34N2O3. The zero-order valence-corrected chi connectivity index (χ0v) is 22.5. The fourth-order valence-electron chi connectivity index (χ4n) is 5.03. The van der Waals surface area contributed by atoms with Crippen LogP contribution in [0.4, 0.5) is 17.1 Å². The summed E-state index contributed by atoms with van der Waals surface area (Å²) >= 11 is 0. The van der Waals surface area contributed by atoms with E-state index < -0.39 is 0 Å². The van der Waals surface area contributed by atoms with Crippen molar-refractivity contribution >= 4 is 28.6 Å². The standard InChI is InChI=1S/C34H34N2O3/c1-3-5-9-22-13-17-24(18-14-22)35-28-21-29(37)30-31(34(28)39)32(26-11-7-8-12-27(26)33(30)38)36-25-19-15-23(16-20-25)10-6-4-2/h7-8,11-21,35,37,39H,3-6,9-10H2,1-2H3. The molecule has 5 rings (SSSR count). The molecule has 5 nitrogen and oxygen atoms in total. The second-order valence-corrected chi connectivity index (χ2v) is 10.1. The van der Waals surface area contributed by atoms with Crippen LogP contribution in [-0.4, -0.2) is 21.7 Å². The van der Waals surface area contributed by atoms with Crippen molar-refractivity contribution in [3.63, 3.8) is 0 Å². The topological polar surface area (TPSA) is 81.9 Å². The van der Waals surface area contributed by atoms with Gasteiger partial charge in [-0.15, -0.1) is 0 Å². The largest absolute Gasteiger partial charge is 0.507 e. The van der Waals surface area contributed by atoms with Gasteiger partial charge in [-0.05, 0) is 61.1 Å². The van der Waals surface area contributed by atoms with E-state index >= 15 is 0 Å². The van der Waals surface area contributed by atoms with Gasteiger partial charge in [-0.1, -0.05) is 75.2 Å². The number of hydrogen-bond acceptors (Lipinski definition) is 5. The van der Waals surface area contributed by atoms with E-state index in [0.717, 1.165) is 44.2 Å². The van der Waals surface area contributed by atoms with Crippen molar-refractivity contribution in [2.75, 3.05) is 5.32 Å². The van der Waals surface area contributed by atoms with Gasteiger partial charge in [0.1, 0.15) is 11.5 Å². The predicted molar refractivity (Wildman–Crippen MR) is 158 cm³/mol. The maximum Gasteiger partial charge on any atom is 0.198 e. The Hall–Kier alpha value is -4.38. The Balaban J connectivity index is 1.58. The first-order valence-electron chi connectivity index (χ1n) is 13.8. The molecule has 1 aliphatic carbocycles. The van der Waals surface area contributed by atoms with Crippen LogP contribution >= 0.6 is 0 Å². The third-order valence-electron chi connectivity index (χ3n) is 7.22. The average molecular weight is 519 g/mol. The first-order valence-corrected chi connectivity index (χ1v) is 13.8. The molecule has 0 aliphatic heterocycles. The summed E-state index contributed by atoms with van der Waals surface area (Å²) in [5.74, 6) is -0.667. The summed E-state index contributed by atoms with van der Waals surface area (Å²) < 4.78 is 0. The molecule has 0 heterocycles. The normalized spacial score (nSPS) is 13.3. The maximum atomic E-state index is 13.5. The van der Waals surface area contributed by atoms with Crippen molar-refractivity contribution in [3.8, 4) is 11.5 Å². The first kappa shape index (κ1) is 26.2. The molecular weight excluding hydrogens is 484 g/mol. The summed E-state index contributed by atoms with van der Waals surface area (Å²) in [5.41, 5.74) is 6.09. The molecule has 0 fully saturated rings. The summed E-state index contributed by atoms with van der Waals surface area (Å²) in [6, 6.07) is 24.7. The second-order valence-electron chi connectivity index (χ2n) is 10.1. The van der Waals surface area contributed by atoms with Gasteiger partial charge in [0.05, 0.1) is 28.2 Å². The molecule has 198 valence electrons. The van der Waals surface area contributed by atoms with E-state index in [1.165, 1.54) is 17.2 Å². The summed E-state index contributed by atoms with van der Waals surface area (Å²) in [6.45, 7) is 4.35. The number of fused-ring (bicyclic) bond motifs is 2. The molecule has 0 aromatic heterocycles. The Labute approximate surface area is 229 Å². The zero-order chi connectivity index (χ0) is 27.4. The molecule has 4 aromatic rings.